The monoisotopic (exact) mass is 277 g/mol. The number of aromatic amines is 1. The lowest BCUT2D eigenvalue weighted by molar-refractivity contribution is 0.0995. The van der Waals surface area contributed by atoms with Crippen LogP contribution in [0.25, 0.3) is 5.69 Å². The van der Waals surface area contributed by atoms with E-state index in [1.54, 1.807) is 12.1 Å². The molecule has 0 atom stereocenters. The molecule has 1 amide bonds. The van der Waals surface area contributed by atoms with E-state index < -0.39 is 28.6 Å². The van der Waals surface area contributed by atoms with Crippen LogP contribution in [0.1, 0.15) is 10.4 Å². The van der Waals surface area contributed by atoms with Crippen molar-refractivity contribution < 1.29 is 14.6 Å². The molecule has 0 aliphatic carbocycles. The summed E-state index contributed by atoms with van der Waals surface area (Å²) in [4.78, 5) is 36.3. The molecule has 1 heterocycles. The van der Waals surface area contributed by atoms with Crippen LogP contribution in [0, 0.1) is 0 Å². The molecule has 0 radical (unpaired) electrons. The third kappa shape index (κ3) is 2.14. The Morgan fingerprint density at radius 2 is 1.90 bits per heavy atom. The molecule has 4 N–H and O–H groups in total. The maximum absolute atomic E-state index is 11.8. The summed E-state index contributed by atoms with van der Waals surface area (Å²) in [7, 11) is 1.48. The molecule has 0 bridgehead atoms. The van der Waals surface area contributed by atoms with Crippen molar-refractivity contribution in [3.8, 4) is 17.3 Å². The van der Waals surface area contributed by atoms with E-state index in [1.807, 2.05) is 4.98 Å². The number of carbonyl (C=O) groups excluding carboxylic acids is 1. The predicted octanol–water partition coefficient (Wildman–Crippen LogP) is -0.661. The van der Waals surface area contributed by atoms with Crippen molar-refractivity contribution in [2.24, 2.45) is 5.73 Å². The van der Waals surface area contributed by atoms with Crippen molar-refractivity contribution in [2.75, 3.05) is 7.11 Å². The smallest absolute Gasteiger partial charge is 0.335 e. The van der Waals surface area contributed by atoms with Crippen LogP contribution >= 0.6 is 0 Å². The van der Waals surface area contributed by atoms with Gasteiger partial charge in [0.15, 0.2) is 5.56 Å². The molecule has 8 nitrogen and oxygen atoms in total. The number of primary amides is 1. The number of benzene rings is 1. The predicted molar refractivity (Wildman–Crippen MR) is 69.4 cm³/mol. The second kappa shape index (κ2) is 4.92. The molecular weight excluding hydrogens is 266 g/mol. The number of aromatic nitrogens is 2. The Balaban J connectivity index is 2.73. The first-order chi connectivity index (χ1) is 9.45. The van der Waals surface area contributed by atoms with E-state index in [-0.39, 0.29) is 5.69 Å². The highest BCUT2D eigenvalue weighted by Crippen LogP contribution is 2.18. The maximum atomic E-state index is 11.8. The highest BCUT2D eigenvalue weighted by atomic mass is 16.5. The zero-order valence-corrected chi connectivity index (χ0v) is 10.4. The summed E-state index contributed by atoms with van der Waals surface area (Å²) in [5.74, 6) is -1.40. The van der Waals surface area contributed by atoms with E-state index in [1.165, 1.54) is 19.2 Å². The van der Waals surface area contributed by atoms with Gasteiger partial charge in [-0.1, -0.05) is 0 Å². The molecule has 1 aromatic heterocycles. The minimum Gasteiger partial charge on any atom is -0.497 e. The van der Waals surface area contributed by atoms with Gasteiger partial charge in [-0.05, 0) is 24.3 Å². The zero-order chi connectivity index (χ0) is 14.9. The summed E-state index contributed by atoms with van der Waals surface area (Å²) in [5, 5.41) is 9.91. The van der Waals surface area contributed by atoms with Crippen LogP contribution in [0.4, 0.5) is 0 Å². The van der Waals surface area contributed by atoms with Gasteiger partial charge in [-0.15, -0.1) is 0 Å². The van der Waals surface area contributed by atoms with E-state index in [9.17, 15) is 19.5 Å². The number of aromatic hydroxyl groups is 1. The Hall–Kier alpha value is -3.03. The first-order valence-electron chi connectivity index (χ1n) is 5.48. The summed E-state index contributed by atoms with van der Waals surface area (Å²) < 4.78 is 5.73. The summed E-state index contributed by atoms with van der Waals surface area (Å²) >= 11 is 0. The zero-order valence-electron chi connectivity index (χ0n) is 10.4. The summed E-state index contributed by atoms with van der Waals surface area (Å²) in [5.41, 5.74) is 2.64. The van der Waals surface area contributed by atoms with Crippen LogP contribution in [-0.2, 0) is 0 Å². The molecule has 0 unspecified atom stereocenters. The quantitative estimate of drug-likeness (QED) is 0.686. The molecule has 8 heteroatoms. The van der Waals surface area contributed by atoms with Crippen molar-refractivity contribution >= 4 is 5.91 Å². The van der Waals surface area contributed by atoms with Crippen molar-refractivity contribution in [1.82, 2.24) is 9.55 Å². The maximum Gasteiger partial charge on any atom is 0.335 e. The number of nitrogens with two attached hydrogens (primary N) is 1. The molecule has 0 fully saturated rings. The van der Waals surface area contributed by atoms with Gasteiger partial charge in [0.1, 0.15) is 5.75 Å². The van der Waals surface area contributed by atoms with Crippen LogP contribution in [0.5, 0.6) is 11.6 Å². The summed E-state index contributed by atoms with van der Waals surface area (Å²) in [6.07, 6.45) is 0. The van der Waals surface area contributed by atoms with Gasteiger partial charge in [-0.3, -0.25) is 14.6 Å². The minimum absolute atomic E-state index is 0.243. The number of carbonyl (C=O) groups is 1. The Labute approximate surface area is 112 Å². The Morgan fingerprint density at radius 3 is 2.40 bits per heavy atom. The number of ether oxygens (including phenoxy) is 1. The SMILES string of the molecule is COc1ccc(-n2c(O)c(C(N)=O)c(=O)[nH]c2=O)cc1. The topological polar surface area (TPSA) is 127 Å². The molecule has 0 saturated heterocycles. The van der Waals surface area contributed by atoms with E-state index in [2.05, 4.69) is 0 Å². The molecule has 104 valence electrons. The molecule has 0 aliphatic heterocycles. The van der Waals surface area contributed by atoms with E-state index in [0.29, 0.717) is 5.75 Å². The number of hydrogen-bond donors (Lipinski definition) is 3. The molecule has 1 aromatic carbocycles. The largest absolute Gasteiger partial charge is 0.497 e. The molecular formula is C12H11N3O5. The second-order valence-corrected chi connectivity index (χ2v) is 3.86. The van der Waals surface area contributed by atoms with E-state index in [0.717, 1.165) is 4.57 Å². The third-order valence-corrected chi connectivity index (χ3v) is 2.66. The van der Waals surface area contributed by atoms with Crippen molar-refractivity contribution in [3.05, 3.63) is 50.7 Å². The number of hydrogen-bond acceptors (Lipinski definition) is 5. The highest BCUT2D eigenvalue weighted by Gasteiger charge is 2.19. The lowest BCUT2D eigenvalue weighted by Crippen LogP contribution is -2.34. The number of rotatable bonds is 3. The van der Waals surface area contributed by atoms with Crippen molar-refractivity contribution in [1.29, 1.82) is 0 Å². The fourth-order valence-electron chi connectivity index (χ4n) is 1.72. The standard InChI is InChI=1S/C12H11N3O5/c1-20-7-4-2-6(3-5-7)15-11(18)8(9(13)16)10(17)14-12(15)19/h2-5,18H,1H3,(H2,13,16)(H,14,17,19). The van der Waals surface area contributed by atoms with E-state index >= 15 is 0 Å². The van der Waals surface area contributed by atoms with Gasteiger partial charge >= 0.3 is 5.69 Å². The van der Waals surface area contributed by atoms with Crippen molar-refractivity contribution in [2.45, 2.75) is 0 Å². The van der Waals surface area contributed by atoms with Crippen LogP contribution in [0.3, 0.4) is 0 Å². The van der Waals surface area contributed by atoms with Gasteiger partial charge in [0.2, 0.25) is 5.88 Å². The molecule has 0 aliphatic rings. The van der Waals surface area contributed by atoms with Gasteiger partial charge < -0.3 is 15.6 Å². The lowest BCUT2D eigenvalue weighted by Gasteiger charge is -2.10. The fourth-order valence-corrected chi connectivity index (χ4v) is 1.72. The average Bonchev–Trinajstić information content (AvgIpc) is 2.38. The minimum atomic E-state index is -1.13. The highest BCUT2D eigenvalue weighted by molar-refractivity contribution is 5.94. The van der Waals surface area contributed by atoms with Gasteiger partial charge in [-0.2, -0.15) is 0 Å². The third-order valence-electron chi connectivity index (χ3n) is 2.66. The Morgan fingerprint density at radius 1 is 1.30 bits per heavy atom. The Bertz CT molecular complexity index is 773. The summed E-state index contributed by atoms with van der Waals surface area (Å²) in [6.45, 7) is 0. The first-order valence-corrected chi connectivity index (χ1v) is 5.48. The number of H-pyrrole nitrogens is 1. The number of nitrogens with one attached hydrogen (secondary N) is 1. The van der Waals surface area contributed by atoms with Gasteiger partial charge in [-0.25, -0.2) is 9.36 Å². The van der Waals surface area contributed by atoms with Gasteiger partial charge in [0.05, 0.1) is 12.8 Å². The second-order valence-electron chi connectivity index (χ2n) is 3.86. The van der Waals surface area contributed by atoms with Gasteiger partial charge in [0.25, 0.3) is 11.5 Å². The molecule has 0 saturated carbocycles. The average molecular weight is 277 g/mol. The van der Waals surface area contributed by atoms with Gasteiger partial charge in [0, 0.05) is 0 Å². The first kappa shape index (κ1) is 13.4. The molecule has 20 heavy (non-hydrogen) atoms. The lowest BCUT2D eigenvalue weighted by atomic mass is 10.2. The Kier molecular flexibility index (Phi) is 3.30. The summed E-state index contributed by atoms with van der Waals surface area (Å²) in [6, 6.07) is 6.05. The van der Waals surface area contributed by atoms with Crippen molar-refractivity contribution in [3.63, 3.8) is 0 Å². The number of methoxy groups -OCH3 is 1. The van der Waals surface area contributed by atoms with Crippen LogP contribution in [0.15, 0.2) is 33.9 Å². The molecule has 2 aromatic rings. The number of nitrogens with zero attached hydrogens (tertiary/aromatic N) is 1. The van der Waals surface area contributed by atoms with Crippen LogP contribution < -0.4 is 21.7 Å². The molecule has 2 rings (SSSR count). The normalized spacial score (nSPS) is 10.2. The fraction of sp³-hybridized carbons (Fsp3) is 0.0833. The number of amides is 1. The van der Waals surface area contributed by atoms with Crippen LogP contribution in [-0.4, -0.2) is 27.7 Å². The van der Waals surface area contributed by atoms with E-state index in [4.69, 9.17) is 10.5 Å². The molecule has 0 spiro atoms. The van der Waals surface area contributed by atoms with Crippen LogP contribution in [0.2, 0.25) is 0 Å².